The van der Waals surface area contributed by atoms with Gasteiger partial charge in [-0.25, -0.2) is 0 Å². The Labute approximate surface area is 120 Å². The number of hydrogen-bond donors (Lipinski definition) is 2. The number of benzene rings is 1. The number of nitrogens with two attached hydrogens (primary N) is 1. The number of carbonyl (C=O) groups is 1. The zero-order chi connectivity index (χ0) is 14.0. The van der Waals surface area contributed by atoms with Crippen LogP contribution in [0.3, 0.4) is 0 Å². The molecule has 2 aromatic rings. The number of furan rings is 1. The fourth-order valence-corrected chi connectivity index (χ4v) is 1.92. The molecule has 0 aliphatic rings. The summed E-state index contributed by atoms with van der Waals surface area (Å²) in [6.07, 6.45) is 0. The normalized spacial score (nSPS) is 10.2. The minimum Gasteiger partial charge on any atom is -0.451 e. The Morgan fingerprint density at radius 2 is 2.11 bits per heavy atom. The number of halogens is 1. The highest BCUT2D eigenvalue weighted by Crippen LogP contribution is 2.29. The van der Waals surface area contributed by atoms with Crippen molar-refractivity contribution in [1.82, 2.24) is 5.32 Å². The molecule has 1 aromatic carbocycles. The van der Waals surface area contributed by atoms with E-state index in [2.05, 4.69) is 17.5 Å². The van der Waals surface area contributed by atoms with Crippen LogP contribution in [0, 0.1) is 6.92 Å². The molecule has 19 heavy (non-hydrogen) atoms. The van der Waals surface area contributed by atoms with Crippen molar-refractivity contribution in [2.75, 3.05) is 0 Å². The molecule has 0 radical (unpaired) electrons. The number of rotatable bonds is 2. The second-order valence-electron chi connectivity index (χ2n) is 3.89. The van der Waals surface area contributed by atoms with E-state index in [0.29, 0.717) is 10.8 Å². The van der Waals surface area contributed by atoms with Gasteiger partial charge >= 0.3 is 0 Å². The van der Waals surface area contributed by atoms with E-state index >= 15 is 0 Å². The predicted octanol–water partition coefficient (Wildman–Crippen LogP) is 2.88. The molecule has 0 unspecified atom stereocenters. The first kappa shape index (κ1) is 13.6. The lowest BCUT2D eigenvalue weighted by atomic mass is 10.1. The molecule has 1 heterocycles. The molecular formula is C13H11ClN2O2S. The van der Waals surface area contributed by atoms with Gasteiger partial charge in [0.1, 0.15) is 5.76 Å². The van der Waals surface area contributed by atoms with Gasteiger partial charge in [-0.05, 0) is 42.9 Å². The van der Waals surface area contributed by atoms with Crippen LogP contribution >= 0.6 is 23.8 Å². The Balaban J connectivity index is 2.33. The third-order valence-electron chi connectivity index (χ3n) is 2.60. The van der Waals surface area contributed by atoms with Crippen molar-refractivity contribution in [3.05, 3.63) is 46.7 Å². The van der Waals surface area contributed by atoms with Crippen LogP contribution < -0.4 is 11.1 Å². The summed E-state index contributed by atoms with van der Waals surface area (Å²) in [6.45, 7) is 1.88. The number of nitrogens with one attached hydrogen (secondary N) is 1. The van der Waals surface area contributed by atoms with E-state index in [1.165, 1.54) is 0 Å². The SMILES string of the molecule is Cc1c(Cl)cccc1-c1ccc(C(=O)NC(N)=S)o1. The third kappa shape index (κ3) is 2.94. The number of hydrogen-bond acceptors (Lipinski definition) is 3. The lowest BCUT2D eigenvalue weighted by molar-refractivity contribution is 0.0951. The summed E-state index contributed by atoms with van der Waals surface area (Å²) in [6, 6.07) is 8.75. The van der Waals surface area contributed by atoms with Gasteiger partial charge in [-0.2, -0.15) is 0 Å². The fraction of sp³-hybridized carbons (Fsp3) is 0.0769. The highest BCUT2D eigenvalue weighted by atomic mass is 35.5. The van der Waals surface area contributed by atoms with E-state index in [1.807, 2.05) is 19.1 Å². The van der Waals surface area contributed by atoms with E-state index in [9.17, 15) is 4.79 Å². The number of thiocarbonyl (C=S) groups is 1. The predicted molar refractivity (Wildman–Crippen MR) is 78.1 cm³/mol. The average molecular weight is 295 g/mol. The largest absolute Gasteiger partial charge is 0.451 e. The second kappa shape index (κ2) is 5.42. The molecule has 6 heteroatoms. The van der Waals surface area contributed by atoms with Crippen LogP contribution in [0.4, 0.5) is 0 Å². The molecular weight excluding hydrogens is 284 g/mol. The molecule has 0 saturated heterocycles. The third-order valence-corrected chi connectivity index (χ3v) is 3.11. The van der Waals surface area contributed by atoms with Gasteiger partial charge in [-0.3, -0.25) is 10.1 Å². The fourth-order valence-electron chi connectivity index (χ4n) is 1.65. The molecule has 0 atom stereocenters. The standard InChI is InChI=1S/C13H11ClN2O2S/c1-7-8(3-2-4-9(7)14)10-5-6-11(18-10)12(17)16-13(15)19/h2-6H,1H3,(H3,15,16,17,19). The molecule has 3 N–H and O–H groups in total. The summed E-state index contributed by atoms with van der Waals surface area (Å²) in [4.78, 5) is 11.7. The van der Waals surface area contributed by atoms with Crippen molar-refractivity contribution >= 4 is 34.8 Å². The number of amides is 1. The zero-order valence-corrected chi connectivity index (χ0v) is 11.6. The molecule has 0 aliphatic carbocycles. The lowest BCUT2D eigenvalue weighted by Gasteiger charge is -2.04. The van der Waals surface area contributed by atoms with E-state index < -0.39 is 5.91 Å². The monoisotopic (exact) mass is 294 g/mol. The molecule has 0 fully saturated rings. The van der Waals surface area contributed by atoms with Crippen molar-refractivity contribution in [2.24, 2.45) is 5.73 Å². The van der Waals surface area contributed by atoms with Gasteiger partial charge in [0, 0.05) is 10.6 Å². The summed E-state index contributed by atoms with van der Waals surface area (Å²) >= 11 is 10.6. The molecule has 2 rings (SSSR count). The van der Waals surface area contributed by atoms with E-state index in [-0.39, 0.29) is 10.9 Å². The van der Waals surface area contributed by atoms with E-state index in [4.69, 9.17) is 21.8 Å². The van der Waals surface area contributed by atoms with Gasteiger partial charge in [-0.15, -0.1) is 0 Å². The molecule has 0 spiro atoms. The molecule has 0 saturated carbocycles. The van der Waals surface area contributed by atoms with E-state index in [0.717, 1.165) is 11.1 Å². The second-order valence-corrected chi connectivity index (χ2v) is 4.74. The van der Waals surface area contributed by atoms with Crippen LogP contribution in [0.5, 0.6) is 0 Å². The molecule has 4 nitrogen and oxygen atoms in total. The quantitative estimate of drug-likeness (QED) is 0.836. The van der Waals surface area contributed by atoms with Crippen molar-refractivity contribution in [2.45, 2.75) is 6.92 Å². The smallest absolute Gasteiger partial charge is 0.293 e. The Bertz CT molecular complexity index is 652. The Morgan fingerprint density at radius 1 is 1.37 bits per heavy atom. The van der Waals surface area contributed by atoms with Crippen molar-refractivity contribution in [3.8, 4) is 11.3 Å². The van der Waals surface area contributed by atoms with Crippen LogP contribution in [-0.4, -0.2) is 11.0 Å². The summed E-state index contributed by atoms with van der Waals surface area (Å²) in [5.74, 6) is 0.230. The molecule has 0 aliphatic heterocycles. The van der Waals surface area contributed by atoms with Crippen LogP contribution in [0.15, 0.2) is 34.7 Å². The molecule has 98 valence electrons. The molecule has 1 aromatic heterocycles. The number of carbonyl (C=O) groups excluding carboxylic acids is 1. The van der Waals surface area contributed by atoms with Gasteiger partial charge < -0.3 is 10.2 Å². The van der Waals surface area contributed by atoms with Crippen molar-refractivity contribution in [3.63, 3.8) is 0 Å². The molecule has 1 amide bonds. The summed E-state index contributed by atoms with van der Waals surface area (Å²) < 4.78 is 5.48. The van der Waals surface area contributed by atoms with Crippen LogP contribution in [0.2, 0.25) is 5.02 Å². The maximum atomic E-state index is 11.7. The first-order valence-corrected chi connectivity index (χ1v) is 6.24. The summed E-state index contributed by atoms with van der Waals surface area (Å²) in [5.41, 5.74) is 6.96. The van der Waals surface area contributed by atoms with E-state index in [1.54, 1.807) is 18.2 Å². The maximum Gasteiger partial charge on any atom is 0.293 e. The minimum atomic E-state index is -0.474. The first-order valence-electron chi connectivity index (χ1n) is 5.45. The topological polar surface area (TPSA) is 68.3 Å². The van der Waals surface area contributed by atoms with Gasteiger partial charge in [0.2, 0.25) is 0 Å². The van der Waals surface area contributed by atoms with Crippen LogP contribution in [-0.2, 0) is 0 Å². The summed E-state index contributed by atoms with van der Waals surface area (Å²) in [5, 5.41) is 2.85. The van der Waals surface area contributed by atoms with Gasteiger partial charge in [0.25, 0.3) is 5.91 Å². The summed E-state index contributed by atoms with van der Waals surface area (Å²) in [7, 11) is 0. The van der Waals surface area contributed by atoms with Crippen molar-refractivity contribution < 1.29 is 9.21 Å². The van der Waals surface area contributed by atoms with Gasteiger partial charge in [-0.1, -0.05) is 23.7 Å². The lowest BCUT2D eigenvalue weighted by Crippen LogP contribution is -2.34. The average Bonchev–Trinajstić information content (AvgIpc) is 2.81. The Morgan fingerprint density at radius 3 is 2.79 bits per heavy atom. The Hall–Kier alpha value is -1.85. The van der Waals surface area contributed by atoms with Crippen LogP contribution in [0.25, 0.3) is 11.3 Å². The highest BCUT2D eigenvalue weighted by Gasteiger charge is 2.14. The van der Waals surface area contributed by atoms with Crippen LogP contribution in [0.1, 0.15) is 16.1 Å². The molecule has 0 bridgehead atoms. The first-order chi connectivity index (χ1) is 8.99. The van der Waals surface area contributed by atoms with Gasteiger partial charge in [0.15, 0.2) is 10.9 Å². The van der Waals surface area contributed by atoms with Gasteiger partial charge in [0.05, 0.1) is 0 Å². The minimum absolute atomic E-state index is 0.0955. The highest BCUT2D eigenvalue weighted by molar-refractivity contribution is 7.80. The zero-order valence-electron chi connectivity index (χ0n) is 10.1. The Kier molecular flexibility index (Phi) is 3.87. The van der Waals surface area contributed by atoms with Crippen molar-refractivity contribution in [1.29, 1.82) is 0 Å². The maximum absolute atomic E-state index is 11.7.